The Morgan fingerprint density at radius 2 is 2.00 bits per heavy atom. The van der Waals surface area contributed by atoms with E-state index in [0.717, 1.165) is 23.5 Å². The van der Waals surface area contributed by atoms with Crippen molar-refractivity contribution in [3.63, 3.8) is 0 Å². The molecular formula is C14H16N2O2S2. The predicted molar refractivity (Wildman–Crippen MR) is 79.0 cm³/mol. The van der Waals surface area contributed by atoms with E-state index in [4.69, 9.17) is 0 Å². The first-order valence-corrected chi connectivity index (χ1v) is 8.87. The van der Waals surface area contributed by atoms with Crippen molar-refractivity contribution in [2.45, 2.75) is 37.2 Å². The Balaban J connectivity index is 1.91. The van der Waals surface area contributed by atoms with Crippen LogP contribution in [0.4, 0.5) is 0 Å². The molecule has 0 spiro atoms. The van der Waals surface area contributed by atoms with Crippen LogP contribution in [-0.4, -0.2) is 23.7 Å². The summed E-state index contributed by atoms with van der Waals surface area (Å²) < 4.78 is 27.0. The third kappa shape index (κ3) is 2.77. The number of aromatic nitrogens is 1. The Morgan fingerprint density at radius 1 is 1.30 bits per heavy atom. The van der Waals surface area contributed by atoms with Crippen LogP contribution in [0, 0.1) is 6.92 Å². The first-order chi connectivity index (χ1) is 9.57. The van der Waals surface area contributed by atoms with Gasteiger partial charge in [-0.15, -0.1) is 11.3 Å². The molecule has 1 aromatic carbocycles. The summed E-state index contributed by atoms with van der Waals surface area (Å²) in [6.45, 7) is 2.30. The minimum absolute atomic E-state index is 0.127. The monoisotopic (exact) mass is 308 g/mol. The van der Waals surface area contributed by atoms with Gasteiger partial charge in [-0.2, -0.15) is 4.31 Å². The summed E-state index contributed by atoms with van der Waals surface area (Å²) >= 11 is 1.55. The Morgan fingerprint density at radius 3 is 2.55 bits per heavy atom. The van der Waals surface area contributed by atoms with Crippen molar-refractivity contribution in [1.82, 2.24) is 9.29 Å². The van der Waals surface area contributed by atoms with Gasteiger partial charge in [-0.25, -0.2) is 13.4 Å². The lowest BCUT2D eigenvalue weighted by molar-refractivity contribution is 0.395. The van der Waals surface area contributed by atoms with E-state index in [9.17, 15) is 8.42 Å². The minimum atomic E-state index is -3.43. The fraction of sp³-hybridized carbons (Fsp3) is 0.357. The van der Waals surface area contributed by atoms with Crippen LogP contribution in [0.5, 0.6) is 0 Å². The van der Waals surface area contributed by atoms with Gasteiger partial charge in [0.25, 0.3) is 0 Å². The van der Waals surface area contributed by atoms with Crippen molar-refractivity contribution >= 4 is 21.4 Å². The summed E-state index contributed by atoms with van der Waals surface area (Å²) in [5, 5.41) is 2.90. The van der Waals surface area contributed by atoms with Crippen LogP contribution in [0.1, 0.15) is 23.5 Å². The molecule has 0 unspecified atom stereocenters. The maximum atomic E-state index is 12.7. The van der Waals surface area contributed by atoms with Gasteiger partial charge in [-0.3, -0.25) is 0 Å². The van der Waals surface area contributed by atoms with Crippen LogP contribution < -0.4 is 0 Å². The Bertz CT molecular complexity index is 691. The van der Waals surface area contributed by atoms with Gasteiger partial charge in [0, 0.05) is 11.4 Å². The smallest absolute Gasteiger partial charge is 0.243 e. The number of hydrogen-bond donors (Lipinski definition) is 0. The molecule has 0 radical (unpaired) electrons. The Kier molecular flexibility index (Phi) is 3.62. The highest BCUT2D eigenvalue weighted by atomic mass is 32.2. The van der Waals surface area contributed by atoms with Crippen molar-refractivity contribution < 1.29 is 8.42 Å². The van der Waals surface area contributed by atoms with Gasteiger partial charge in [0.15, 0.2) is 0 Å². The van der Waals surface area contributed by atoms with Crippen LogP contribution >= 0.6 is 11.3 Å². The zero-order valence-corrected chi connectivity index (χ0v) is 12.8. The van der Waals surface area contributed by atoms with E-state index in [2.05, 4.69) is 4.98 Å². The molecule has 6 heteroatoms. The van der Waals surface area contributed by atoms with Gasteiger partial charge in [-0.05, 0) is 31.9 Å². The molecule has 4 nitrogen and oxygen atoms in total. The second kappa shape index (κ2) is 5.27. The van der Waals surface area contributed by atoms with Gasteiger partial charge in [0.2, 0.25) is 10.0 Å². The summed E-state index contributed by atoms with van der Waals surface area (Å²) in [6.07, 6.45) is 1.88. The maximum Gasteiger partial charge on any atom is 0.243 e. The highest BCUT2D eigenvalue weighted by Gasteiger charge is 2.38. The molecule has 1 aliphatic rings. The molecule has 0 amide bonds. The van der Waals surface area contributed by atoms with Crippen molar-refractivity contribution in [2.24, 2.45) is 0 Å². The van der Waals surface area contributed by atoms with E-state index in [1.165, 1.54) is 0 Å². The first kappa shape index (κ1) is 13.7. The molecule has 1 aromatic heterocycles. The number of nitrogens with zero attached hydrogens (tertiary/aromatic N) is 2. The average molecular weight is 308 g/mol. The standard InChI is InChI=1S/C14H16N2O2S2/c1-11-15-12(10-19-11)9-16(13-7-8-13)20(17,18)14-5-3-2-4-6-14/h2-6,10,13H,7-9H2,1H3. The van der Waals surface area contributed by atoms with E-state index in [0.29, 0.717) is 11.4 Å². The second-order valence-electron chi connectivity index (χ2n) is 4.95. The molecule has 0 aliphatic heterocycles. The molecular weight excluding hydrogens is 292 g/mol. The number of sulfonamides is 1. The van der Waals surface area contributed by atoms with Gasteiger partial charge in [0.1, 0.15) is 0 Å². The molecule has 106 valence electrons. The van der Waals surface area contributed by atoms with Crippen molar-refractivity contribution in [1.29, 1.82) is 0 Å². The summed E-state index contributed by atoms with van der Waals surface area (Å²) in [4.78, 5) is 4.74. The zero-order chi connectivity index (χ0) is 14.2. The molecule has 2 aromatic rings. The van der Waals surface area contributed by atoms with E-state index >= 15 is 0 Å². The fourth-order valence-corrected chi connectivity index (χ4v) is 4.42. The highest BCUT2D eigenvalue weighted by molar-refractivity contribution is 7.89. The first-order valence-electron chi connectivity index (χ1n) is 6.55. The molecule has 1 aliphatic carbocycles. The molecule has 0 N–H and O–H groups in total. The number of benzene rings is 1. The zero-order valence-electron chi connectivity index (χ0n) is 11.2. The van der Waals surface area contributed by atoms with E-state index in [1.54, 1.807) is 39.9 Å². The lowest BCUT2D eigenvalue weighted by Crippen LogP contribution is -2.32. The third-order valence-corrected chi connectivity index (χ3v) is 6.02. The molecule has 0 bridgehead atoms. The van der Waals surface area contributed by atoms with Crippen molar-refractivity contribution in [2.75, 3.05) is 0 Å². The summed E-state index contributed by atoms with van der Waals surface area (Å²) in [7, 11) is -3.43. The Hall–Kier alpha value is -1.24. The van der Waals surface area contributed by atoms with Gasteiger partial charge < -0.3 is 0 Å². The third-order valence-electron chi connectivity index (χ3n) is 3.29. The van der Waals surface area contributed by atoms with Crippen LogP contribution in [0.2, 0.25) is 0 Å². The molecule has 1 saturated carbocycles. The summed E-state index contributed by atoms with van der Waals surface area (Å²) in [6, 6.07) is 8.76. The molecule has 1 fully saturated rings. The topological polar surface area (TPSA) is 50.3 Å². The minimum Gasteiger partial charge on any atom is -0.245 e. The lowest BCUT2D eigenvalue weighted by Gasteiger charge is -2.21. The van der Waals surface area contributed by atoms with E-state index < -0.39 is 10.0 Å². The summed E-state index contributed by atoms with van der Waals surface area (Å²) in [5.41, 5.74) is 0.832. The van der Waals surface area contributed by atoms with Crippen LogP contribution in [0.3, 0.4) is 0 Å². The van der Waals surface area contributed by atoms with Crippen LogP contribution in [0.15, 0.2) is 40.6 Å². The van der Waals surface area contributed by atoms with E-state index in [-0.39, 0.29) is 6.04 Å². The number of aryl methyl sites for hydroxylation is 1. The van der Waals surface area contributed by atoms with Crippen LogP contribution in [0.25, 0.3) is 0 Å². The largest absolute Gasteiger partial charge is 0.245 e. The second-order valence-corrected chi connectivity index (χ2v) is 7.91. The molecule has 0 atom stereocenters. The average Bonchev–Trinajstić information content (AvgIpc) is 3.20. The molecule has 3 rings (SSSR count). The summed E-state index contributed by atoms with van der Waals surface area (Å²) in [5.74, 6) is 0. The lowest BCUT2D eigenvalue weighted by atomic mass is 10.4. The van der Waals surface area contributed by atoms with Gasteiger partial charge >= 0.3 is 0 Å². The van der Waals surface area contributed by atoms with Crippen molar-refractivity contribution in [3.8, 4) is 0 Å². The Labute approximate surface area is 123 Å². The van der Waals surface area contributed by atoms with Gasteiger partial charge in [-0.1, -0.05) is 18.2 Å². The normalized spacial score (nSPS) is 15.7. The predicted octanol–water partition coefficient (Wildman–Crippen LogP) is 2.80. The quantitative estimate of drug-likeness (QED) is 0.853. The number of thiazole rings is 1. The maximum absolute atomic E-state index is 12.7. The number of hydrogen-bond acceptors (Lipinski definition) is 4. The highest BCUT2D eigenvalue weighted by Crippen LogP contribution is 2.33. The molecule has 1 heterocycles. The molecule has 0 saturated heterocycles. The van der Waals surface area contributed by atoms with Crippen molar-refractivity contribution in [3.05, 3.63) is 46.4 Å². The number of rotatable bonds is 5. The molecule has 20 heavy (non-hydrogen) atoms. The SMILES string of the molecule is Cc1nc(CN(C2CC2)S(=O)(=O)c2ccccc2)cs1. The fourth-order valence-electron chi connectivity index (χ4n) is 2.14. The van der Waals surface area contributed by atoms with Gasteiger partial charge in [0.05, 0.1) is 22.1 Å². The van der Waals surface area contributed by atoms with E-state index in [1.807, 2.05) is 18.4 Å². The van der Waals surface area contributed by atoms with Crippen LogP contribution in [-0.2, 0) is 16.6 Å².